The highest BCUT2D eigenvalue weighted by Gasteiger charge is 2.64. The van der Waals surface area contributed by atoms with E-state index in [4.69, 9.17) is 16.0 Å². The third-order valence-electron chi connectivity index (χ3n) is 5.84. The fourth-order valence-electron chi connectivity index (χ4n) is 4.68. The molecule has 1 aromatic heterocycles. The number of nitrogens with zero attached hydrogens (tertiary/aromatic N) is 2. The first-order chi connectivity index (χ1) is 14.5. The van der Waals surface area contributed by atoms with Crippen LogP contribution in [-0.4, -0.2) is 41.5 Å². The predicted octanol–water partition coefficient (Wildman–Crippen LogP) is 2.50. The smallest absolute Gasteiger partial charge is 0.291 e. The van der Waals surface area contributed by atoms with Gasteiger partial charge in [-0.1, -0.05) is 29.8 Å². The maximum absolute atomic E-state index is 13.8. The van der Waals surface area contributed by atoms with Crippen molar-refractivity contribution in [2.24, 2.45) is 0 Å². The van der Waals surface area contributed by atoms with Gasteiger partial charge in [0.05, 0.1) is 23.2 Å². The molecule has 0 saturated carbocycles. The van der Waals surface area contributed by atoms with Crippen molar-refractivity contribution < 1.29 is 19.1 Å². The van der Waals surface area contributed by atoms with Crippen molar-refractivity contribution in [2.45, 2.75) is 12.5 Å². The minimum absolute atomic E-state index is 0.0240. The van der Waals surface area contributed by atoms with E-state index in [0.717, 1.165) is 0 Å². The lowest BCUT2D eigenvalue weighted by Crippen LogP contribution is -2.54. The van der Waals surface area contributed by atoms with E-state index in [9.17, 15) is 19.5 Å². The van der Waals surface area contributed by atoms with E-state index >= 15 is 0 Å². The van der Waals surface area contributed by atoms with Gasteiger partial charge in [-0.15, -0.1) is 0 Å². The molecule has 0 aliphatic carbocycles. The molecule has 3 aromatic rings. The summed E-state index contributed by atoms with van der Waals surface area (Å²) in [6.07, 6.45) is 0. The number of anilines is 1. The largest absolute Gasteiger partial charge is 0.450 e. The molecule has 1 unspecified atom stereocenters. The van der Waals surface area contributed by atoms with Crippen molar-refractivity contribution in [3.05, 3.63) is 74.6 Å². The molecule has 2 aliphatic rings. The van der Waals surface area contributed by atoms with Crippen LogP contribution in [0.25, 0.3) is 11.0 Å². The maximum atomic E-state index is 13.8. The van der Waals surface area contributed by atoms with Crippen LogP contribution in [0.2, 0.25) is 5.02 Å². The number of rotatable bonds is 3. The Kier molecular flexibility index (Phi) is 4.03. The summed E-state index contributed by atoms with van der Waals surface area (Å²) < 4.78 is 5.85. The fourth-order valence-corrected chi connectivity index (χ4v) is 4.85. The summed E-state index contributed by atoms with van der Waals surface area (Å²) in [6, 6.07) is 11.6. The monoisotopic (exact) mass is 424 g/mol. The van der Waals surface area contributed by atoms with Gasteiger partial charge in [-0.3, -0.25) is 14.4 Å². The number of halogens is 1. The van der Waals surface area contributed by atoms with Crippen LogP contribution >= 0.6 is 11.6 Å². The Balaban J connectivity index is 1.95. The number of amides is 2. The third-order valence-corrected chi connectivity index (χ3v) is 6.07. The zero-order valence-corrected chi connectivity index (χ0v) is 16.8. The highest BCUT2D eigenvalue weighted by molar-refractivity contribution is 6.31. The number of fused-ring (bicyclic) bond motifs is 5. The molecule has 0 radical (unpaired) electrons. The second-order valence-electron chi connectivity index (χ2n) is 7.23. The fraction of sp³-hybridized carbons (Fsp3) is 0.227. The van der Waals surface area contributed by atoms with Crippen molar-refractivity contribution >= 4 is 40.1 Å². The molecule has 2 aliphatic heterocycles. The van der Waals surface area contributed by atoms with E-state index in [-0.39, 0.29) is 35.4 Å². The van der Waals surface area contributed by atoms with Crippen molar-refractivity contribution in [1.29, 1.82) is 0 Å². The van der Waals surface area contributed by atoms with Gasteiger partial charge >= 0.3 is 0 Å². The Hall–Kier alpha value is -3.16. The predicted molar refractivity (Wildman–Crippen MR) is 111 cm³/mol. The SMILES string of the molecule is CCN1C(=O)C2(c3ccccc31)c1c(oc3ccc(Cl)cc3c1=O)C(=O)N2CCO. The number of likely N-dealkylation sites (N-methyl/N-ethyl adjacent to an activating group) is 1. The first-order valence-electron chi connectivity index (χ1n) is 9.58. The molecule has 30 heavy (non-hydrogen) atoms. The Morgan fingerprint density at radius 1 is 1.13 bits per heavy atom. The second kappa shape index (κ2) is 6.42. The number of hydrogen-bond acceptors (Lipinski definition) is 5. The number of aliphatic hydroxyl groups excluding tert-OH is 1. The molecular formula is C22H17ClN2O5. The summed E-state index contributed by atoms with van der Waals surface area (Å²) in [4.78, 5) is 43.6. The quantitative estimate of drug-likeness (QED) is 0.697. The van der Waals surface area contributed by atoms with Crippen molar-refractivity contribution in [3.8, 4) is 0 Å². The summed E-state index contributed by atoms with van der Waals surface area (Å²) in [5.74, 6) is -1.20. The molecule has 5 rings (SSSR count). The number of carbonyl (C=O) groups is 2. The second-order valence-corrected chi connectivity index (χ2v) is 7.67. The lowest BCUT2D eigenvalue weighted by atomic mass is 9.84. The van der Waals surface area contributed by atoms with E-state index in [2.05, 4.69) is 0 Å². The zero-order valence-electron chi connectivity index (χ0n) is 16.0. The summed E-state index contributed by atoms with van der Waals surface area (Å²) in [6.45, 7) is 1.68. The number of hydrogen-bond donors (Lipinski definition) is 1. The topological polar surface area (TPSA) is 91.1 Å². The van der Waals surface area contributed by atoms with Crippen LogP contribution in [0.15, 0.2) is 51.7 Å². The Bertz CT molecular complexity index is 1300. The maximum Gasteiger partial charge on any atom is 0.291 e. The van der Waals surface area contributed by atoms with Gasteiger partial charge in [0.25, 0.3) is 11.8 Å². The van der Waals surface area contributed by atoms with Crippen molar-refractivity contribution in [1.82, 2.24) is 4.90 Å². The summed E-state index contributed by atoms with van der Waals surface area (Å²) in [5, 5.41) is 10.2. The lowest BCUT2D eigenvalue weighted by molar-refractivity contribution is -0.126. The summed E-state index contributed by atoms with van der Waals surface area (Å²) in [7, 11) is 0. The van der Waals surface area contributed by atoms with E-state index in [1.54, 1.807) is 35.2 Å². The highest BCUT2D eigenvalue weighted by atomic mass is 35.5. The van der Waals surface area contributed by atoms with Gasteiger partial charge < -0.3 is 19.3 Å². The molecule has 8 heteroatoms. The summed E-state index contributed by atoms with van der Waals surface area (Å²) >= 11 is 6.09. The van der Waals surface area contributed by atoms with Gasteiger partial charge in [-0.2, -0.15) is 0 Å². The van der Waals surface area contributed by atoms with Gasteiger partial charge in [0, 0.05) is 23.7 Å². The van der Waals surface area contributed by atoms with E-state index < -0.39 is 22.8 Å². The molecule has 0 fully saturated rings. The van der Waals surface area contributed by atoms with Gasteiger partial charge in [-0.05, 0) is 31.2 Å². The number of para-hydroxylation sites is 1. The molecule has 1 N–H and O–H groups in total. The average Bonchev–Trinajstić information content (AvgIpc) is 3.14. The molecule has 0 saturated heterocycles. The standard InChI is InChI=1S/C22H17ClN2O5/c1-2-24-15-6-4-3-5-14(15)22(21(24)29)17-18(27)13-11-12(23)7-8-16(13)30-19(17)20(28)25(22)9-10-26/h3-8,11,26H,2,9-10H2,1H3. The Morgan fingerprint density at radius 2 is 1.90 bits per heavy atom. The molecule has 2 amide bonds. The Morgan fingerprint density at radius 3 is 2.63 bits per heavy atom. The normalized spacial score (nSPS) is 19.8. The molecular weight excluding hydrogens is 408 g/mol. The molecule has 1 spiro atoms. The van der Waals surface area contributed by atoms with Crippen LogP contribution in [0.4, 0.5) is 5.69 Å². The number of benzene rings is 2. The summed E-state index contributed by atoms with van der Waals surface area (Å²) in [5.41, 5.74) is -0.833. The van der Waals surface area contributed by atoms with E-state index in [1.807, 2.05) is 6.92 Å². The molecule has 3 heterocycles. The van der Waals surface area contributed by atoms with Crippen molar-refractivity contribution in [2.75, 3.05) is 24.6 Å². The number of aliphatic hydroxyl groups is 1. The first-order valence-corrected chi connectivity index (χ1v) is 9.95. The van der Waals surface area contributed by atoms with Gasteiger partial charge in [-0.25, -0.2) is 0 Å². The van der Waals surface area contributed by atoms with Crippen LogP contribution in [0.1, 0.15) is 28.6 Å². The van der Waals surface area contributed by atoms with E-state index in [0.29, 0.717) is 22.8 Å². The van der Waals surface area contributed by atoms with Gasteiger partial charge in [0.1, 0.15) is 5.58 Å². The molecule has 0 bridgehead atoms. The third kappa shape index (κ3) is 2.11. The molecule has 2 aromatic carbocycles. The lowest BCUT2D eigenvalue weighted by Gasteiger charge is -2.33. The minimum Gasteiger partial charge on any atom is -0.450 e. The van der Waals surface area contributed by atoms with Crippen LogP contribution in [0.3, 0.4) is 0 Å². The zero-order chi connectivity index (χ0) is 21.2. The molecule has 1 atom stereocenters. The van der Waals surface area contributed by atoms with Crippen LogP contribution in [0.5, 0.6) is 0 Å². The minimum atomic E-state index is -1.68. The number of β-amino-alcohol motifs (C(OH)–C–C–N with tert-alkyl or cyclic N) is 1. The molecule has 152 valence electrons. The van der Waals surface area contributed by atoms with Gasteiger partial charge in [0.2, 0.25) is 5.76 Å². The van der Waals surface area contributed by atoms with Gasteiger partial charge in [0.15, 0.2) is 11.0 Å². The van der Waals surface area contributed by atoms with Crippen LogP contribution in [0, 0.1) is 0 Å². The van der Waals surface area contributed by atoms with E-state index in [1.165, 1.54) is 17.0 Å². The number of carbonyl (C=O) groups excluding carboxylic acids is 2. The van der Waals surface area contributed by atoms with Crippen molar-refractivity contribution in [3.63, 3.8) is 0 Å². The van der Waals surface area contributed by atoms with Crippen LogP contribution < -0.4 is 10.3 Å². The molecule has 7 nitrogen and oxygen atoms in total. The first kappa shape index (κ1) is 18.8. The average molecular weight is 425 g/mol. The Labute approximate surface area is 176 Å². The highest BCUT2D eigenvalue weighted by Crippen LogP contribution is 2.52. The van der Waals surface area contributed by atoms with Crippen LogP contribution in [-0.2, 0) is 10.3 Å².